The molecule has 0 fully saturated rings. The molecule has 76 valence electrons. The lowest BCUT2D eigenvalue weighted by Gasteiger charge is -2.20. The van der Waals surface area contributed by atoms with Gasteiger partial charge >= 0.3 is 5.97 Å². The highest BCUT2D eigenvalue weighted by molar-refractivity contribution is 5.85. The van der Waals surface area contributed by atoms with Gasteiger partial charge in [0, 0.05) is 5.92 Å². The maximum atomic E-state index is 11.0. The first-order valence-electron chi connectivity index (χ1n) is 4.26. The van der Waals surface area contributed by atoms with E-state index in [1.54, 1.807) is 0 Å². The summed E-state index contributed by atoms with van der Waals surface area (Å²) in [5.74, 6) is -0.141. The van der Waals surface area contributed by atoms with Gasteiger partial charge in [0.1, 0.15) is 6.04 Å². The third-order valence-corrected chi connectivity index (χ3v) is 2.23. The Balaban J connectivity index is 0.00000144. The third kappa shape index (κ3) is 3.36. The van der Waals surface area contributed by atoms with Crippen LogP contribution in [0.3, 0.4) is 0 Å². The smallest absolute Gasteiger partial charge is 0.323 e. The van der Waals surface area contributed by atoms with Gasteiger partial charge < -0.3 is 10.5 Å². The number of methoxy groups -OCH3 is 1. The molecular formula is C9H16ClNO2. The molecule has 2 N–H and O–H groups in total. The number of ether oxygens (including phenoxy) is 1. The van der Waals surface area contributed by atoms with Crippen molar-refractivity contribution in [2.24, 2.45) is 11.7 Å². The Morgan fingerprint density at radius 1 is 1.69 bits per heavy atom. The van der Waals surface area contributed by atoms with Gasteiger partial charge in [-0.25, -0.2) is 0 Å². The van der Waals surface area contributed by atoms with Crippen molar-refractivity contribution in [3.8, 4) is 0 Å². The minimum absolute atomic E-state index is 0. The average molecular weight is 206 g/mol. The fourth-order valence-electron chi connectivity index (χ4n) is 1.45. The second kappa shape index (κ2) is 6.00. The fraction of sp³-hybridized carbons (Fsp3) is 0.667. The largest absolute Gasteiger partial charge is 0.468 e. The summed E-state index contributed by atoms with van der Waals surface area (Å²) in [5, 5.41) is 0. The summed E-state index contributed by atoms with van der Waals surface area (Å²) < 4.78 is 4.57. The molecule has 1 rings (SSSR count). The zero-order valence-electron chi connectivity index (χ0n) is 7.73. The zero-order chi connectivity index (χ0) is 8.97. The van der Waals surface area contributed by atoms with Crippen LogP contribution in [0.25, 0.3) is 0 Å². The second-order valence-electron chi connectivity index (χ2n) is 3.07. The van der Waals surface area contributed by atoms with Crippen LogP contribution in [0.4, 0.5) is 0 Å². The lowest BCUT2D eigenvalue weighted by molar-refractivity contribution is -0.143. The topological polar surface area (TPSA) is 52.3 Å². The van der Waals surface area contributed by atoms with Crippen LogP contribution in [0.1, 0.15) is 19.3 Å². The number of halogens is 1. The van der Waals surface area contributed by atoms with Gasteiger partial charge in [-0.1, -0.05) is 12.2 Å². The fourth-order valence-corrected chi connectivity index (χ4v) is 1.45. The van der Waals surface area contributed by atoms with Crippen LogP contribution in [0.2, 0.25) is 0 Å². The van der Waals surface area contributed by atoms with Crippen molar-refractivity contribution in [3.05, 3.63) is 12.2 Å². The Morgan fingerprint density at radius 3 is 2.85 bits per heavy atom. The number of carbonyl (C=O) groups excluding carboxylic acids is 1. The van der Waals surface area contributed by atoms with E-state index in [1.165, 1.54) is 7.11 Å². The standard InChI is InChI=1S/C9H15NO2.ClH/c1-12-9(11)8(10)7-5-3-2-4-6-7;/h3,5,7-8H,2,4,6,10H2,1H3;1H. The molecule has 0 aromatic rings. The number of nitrogens with two attached hydrogens (primary N) is 1. The summed E-state index contributed by atoms with van der Waals surface area (Å²) in [6.45, 7) is 0. The van der Waals surface area contributed by atoms with Gasteiger partial charge in [0.2, 0.25) is 0 Å². The molecule has 0 spiro atoms. The van der Waals surface area contributed by atoms with E-state index in [-0.39, 0.29) is 24.3 Å². The van der Waals surface area contributed by atoms with E-state index in [4.69, 9.17) is 5.73 Å². The number of allylic oxidation sites excluding steroid dienone is 1. The van der Waals surface area contributed by atoms with Gasteiger partial charge in [0.05, 0.1) is 7.11 Å². The monoisotopic (exact) mass is 205 g/mol. The molecule has 0 saturated carbocycles. The highest BCUT2D eigenvalue weighted by atomic mass is 35.5. The molecule has 0 heterocycles. The van der Waals surface area contributed by atoms with Gasteiger partial charge in [0.25, 0.3) is 0 Å². The molecule has 0 amide bonds. The molecule has 1 aliphatic carbocycles. The second-order valence-corrected chi connectivity index (χ2v) is 3.07. The van der Waals surface area contributed by atoms with Gasteiger partial charge in [-0.05, 0) is 19.3 Å². The number of rotatable bonds is 2. The van der Waals surface area contributed by atoms with E-state index < -0.39 is 6.04 Å². The van der Waals surface area contributed by atoms with Crippen LogP contribution in [0.15, 0.2) is 12.2 Å². The first-order valence-corrected chi connectivity index (χ1v) is 4.26. The minimum Gasteiger partial charge on any atom is -0.468 e. The van der Waals surface area contributed by atoms with Crippen LogP contribution in [-0.2, 0) is 9.53 Å². The Kier molecular flexibility index (Phi) is 5.75. The summed E-state index contributed by atoms with van der Waals surface area (Å²) in [4.78, 5) is 11.0. The number of carbonyl (C=O) groups is 1. The van der Waals surface area contributed by atoms with Crippen molar-refractivity contribution in [1.82, 2.24) is 0 Å². The van der Waals surface area contributed by atoms with Gasteiger partial charge in [-0.15, -0.1) is 12.4 Å². The SMILES string of the molecule is COC(=O)C(N)C1C=CCCC1.Cl. The quantitative estimate of drug-likeness (QED) is 0.546. The van der Waals surface area contributed by atoms with Crippen molar-refractivity contribution in [2.45, 2.75) is 25.3 Å². The summed E-state index contributed by atoms with van der Waals surface area (Å²) in [7, 11) is 1.37. The Morgan fingerprint density at radius 2 is 2.38 bits per heavy atom. The average Bonchev–Trinajstić information content (AvgIpc) is 2.17. The Bertz CT molecular complexity index is 194. The highest BCUT2D eigenvalue weighted by Crippen LogP contribution is 2.19. The van der Waals surface area contributed by atoms with Gasteiger partial charge in [-0.3, -0.25) is 4.79 Å². The molecule has 1 aliphatic rings. The van der Waals surface area contributed by atoms with Crippen molar-refractivity contribution < 1.29 is 9.53 Å². The molecule has 0 aromatic carbocycles. The first-order chi connectivity index (χ1) is 5.75. The van der Waals surface area contributed by atoms with Gasteiger partial charge in [0.15, 0.2) is 0 Å². The van der Waals surface area contributed by atoms with Crippen LogP contribution >= 0.6 is 12.4 Å². The normalized spacial score (nSPS) is 23.1. The molecule has 0 saturated heterocycles. The lowest BCUT2D eigenvalue weighted by atomic mass is 9.90. The van der Waals surface area contributed by atoms with Gasteiger partial charge in [-0.2, -0.15) is 0 Å². The van der Waals surface area contributed by atoms with Crippen LogP contribution in [0.5, 0.6) is 0 Å². The molecule has 2 unspecified atom stereocenters. The predicted octanol–water partition coefficient (Wildman–Crippen LogP) is 1.26. The molecule has 13 heavy (non-hydrogen) atoms. The Labute approximate surface area is 84.7 Å². The van der Waals surface area contributed by atoms with Crippen molar-refractivity contribution in [1.29, 1.82) is 0 Å². The first kappa shape index (κ1) is 12.5. The number of hydrogen-bond acceptors (Lipinski definition) is 3. The van der Waals surface area contributed by atoms with Crippen molar-refractivity contribution in [3.63, 3.8) is 0 Å². The number of hydrogen-bond donors (Lipinski definition) is 1. The van der Waals surface area contributed by atoms with Crippen LogP contribution in [0, 0.1) is 5.92 Å². The molecule has 4 heteroatoms. The van der Waals surface area contributed by atoms with Crippen LogP contribution in [-0.4, -0.2) is 19.1 Å². The summed E-state index contributed by atoms with van der Waals surface area (Å²) >= 11 is 0. The van der Waals surface area contributed by atoms with Crippen molar-refractivity contribution in [2.75, 3.05) is 7.11 Å². The molecular weight excluding hydrogens is 190 g/mol. The van der Waals surface area contributed by atoms with E-state index >= 15 is 0 Å². The van der Waals surface area contributed by atoms with E-state index in [2.05, 4.69) is 10.8 Å². The molecule has 2 atom stereocenters. The number of esters is 1. The molecule has 0 aliphatic heterocycles. The summed E-state index contributed by atoms with van der Waals surface area (Å²) in [6, 6.07) is -0.480. The van der Waals surface area contributed by atoms with Crippen molar-refractivity contribution >= 4 is 18.4 Å². The van der Waals surface area contributed by atoms with E-state index in [0.717, 1.165) is 19.3 Å². The predicted molar refractivity (Wildman–Crippen MR) is 53.7 cm³/mol. The zero-order valence-corrected chi connectivity index (χ0v) is 8.55. The van der Waals surface area contributed by atoms with E-state index in [1.807, 2.05) is 6.08 Å². The summed E-state index contributed by atoms with van der Waals surface area (Å²) in [5.41, 5.74) is 5.68. The minimum atomic E-state index is -0.480. The highest BCUT2D eigenvalue weighted by Gasteiger charge is 2.23. The molecule has 3 nitrogen and oxygen atoms in total. The lowest BCUT2D eigenvalue weighted by Crippen LogP contribution is -2.38. The van der Waals surface area contributed by atoms with Crippen LogP contribution < -0.4 is 5.73 Å². The van der Waals surface area contributed by atoms with E-state index in [9.17, 15) is 4.79 Å². The third-order valence-electron chi connectivity index (χ3n) is 2.23. The Hall–Kier alpha value is -0.540. The maximum absolute atomic E-state index is 11.0. The molecule has 0 bridgehead atoms. The van der Waals surface area contributed by atoms with E-state index in [0.29, 0.717) is 0 Å². The molecule has 0 aromatic heterocycles. The summed E-state index contributed by atoms with van der Waals surface area (Å²) in [6.07, 6.45) is 7.31. The maximum Gasteiger partial charge on any atom is 0.323 e. The molecule has 0 radical (unpaired) electrons.